The van der Waals surface area contributed by atoms with Crippen LogP contribution in [-0.2, 0) is 14.3 Å². The number of fused-ring (bicyclic) bond motifs is 2. The molecule has 0 heterocycles. The fourth-order valence-corrected chi connectivity index (χ4v) is 2.83. The second-order valence-corrected chi connectivity index (χ2v) is 4.57. The van der Waals surface area contributed by atoms with Crippen LogP contribution < -0.4 is 0 Å². The number of ether oxygens (including phenoxy) is 1. The Kier molecular flexibility index (Phi) is 2.41. The number of rotatable bonds is 2. The van der Waals surface area contributed by atoms with Crippen molar-refractivity contribution in [1.29, 1.82) is 0 Å². The van der Waals surface area contributed by atoms with Gasteiger partial charge in [-0.2, -0.15) is 0 Å². The first kappa shape index (κ1) is 10.4. The highest BCUT2D eigenvalue weighted by molar-refractivity contribution is 5.88. The average molecular weight is 208 g/mol. The molecule has 0 radical (unpaired) electrons. The van der Waals surface area contributed by atoms with Crippen molar-refractivity contribution < 1.29 is 14.3 Å². The van der Waals surface area contributed by atoms with Crippen LogP contribution in [0, 0.1) is 11.8 Å². The van der Waals surface area contributed by atoms with Crippen LogP contribution >= 0.6 is 0 Å². The van der Waals surface area contributed by atoms with Crippen LogP contribution in [0.4, 0.5) is 0 Å². The van der Waals surface area contributed by atoms with Crippen LogP contribution in [0.25, 0.3) is 0 Å². The molecule has 1 fully saturated rings. The molecular weight excluding hydrogens is 192 g/mol. The van der Waals surface area contributed by atoms with Crippen LogP contribution in [0.2, 0.25) is 0 Å². The molecule has 3 heteroatoms. The monoisotopic (exact) mass is 208 g/mol. The summed E-state index contributed by atoms with van der Waals surface area (Å²) < 4.78 is 5.33. The molecule has 3 unspecified atom stereocenters. The van der Waals surface area contributed by atoms with Gasteiger partial charge in [0.2, 0.25) is 0 Å². The molecule has 2 bridgehead atoms. The van der Waals surface area contributed by atoms with E-state index in [0.29, 0.717) is 12.3 Å². The predicted octanol–water partition coefficient (Wildman–Crippen LogP) is 1.86. The van der Waals surface area contributed by atoms with Crippen LogP contribution in [0.5, 0.6) is 0 Å². The Hall–Kier alpha value is -1.12. The van der Waals surface area contributed by atoms with Crippen molar-refractivity contribution in [1.82, 2.24) is 0 Å². The molecule has 15 heavy (non-hydrogen) atoms. The molecule has 0 saturated heterocycles. The summed E-state index contributed by atoms with van der Waals surface area (Å²) in [6.07, 6.45) is 6.93. The van der Waals surface area contributed by atoms with Gasteiger partial charge in [0.1, 0.15) is 0 Å². The van der Waals surface area contributed by atoms with E-state index in [9.17, 15) is 9.59 Å². The number of carbonyl (C=O) groups excluding carboxylic acids is 2. The minimum atomic E-state index is -0.858. The van der Waals surface area contributed by atoms with E-state index in [-0.39, 0.29) is 17.7 Å². The normalized spacial score (nSPS) is 37.7. The van der Waals surface area contributed by atoms with Gasteiger partial charge in [-0.05, 0) is 25.7 Å². The zero-order valence-electron chi connectivity index (χ0n) is 9.16. The summed E-state index contributed by atoms with van der Waals surface area (Å²) in [5.41, 5.74) is -0.858. The number of ketones is 1. The maximum atomic E-state index is 11.7. The van der Waals surface area contributed by atoms with Crippen molar-refractivity contribution >= 4 is 11.8 Å². The van der Waals surface area contributed by atoms with Crippen LogP contribution in [0.1, 0.15) is 33.1 Å². The largest absolute Gasteiger partial charge is 0.451 e. The molecule has 0 amide bonds. The lowest BCUT2D eigenvalue weighted by molar-refractivity contribution is -0.175. The summed E-state index contributed by atoms with van der Waals surface area (Å²) in [5, 5.41) is 0. The second-order valence-electron chi connectivity index (χ2n) is 4.57. The summed E-state index contributed by atoms with van der Waals surface area (Å²) in [7, 11) is 0. The van der Waals surface area contributed by atoms with Crippen molar-refractivity contribution in [3.05, 3.63) is 12.2 Å². The van der Waals surface area contributed by atoms with E-state index in [4.69, 9.17) is 4.74 Å². The number of carbonyl (C=O) groups is 2. The number of Topliss-reactive ketones (excluding diaryl/α,β-unsaturated/α-hetero) is 1. The molecule has 3 aliphatic carbocycles. The Bertz CT molecular complexity index is 332. The molecule has 3 atom stereocenters. The molecule has 82 valence electrons. The molecular formula is C12H16O3. The lowest BCUT2D eigenvalue weighted by Gasteiger charge is -2.45. The third-order valence-corrected chi connectivity index (χ3v) is 3.55. The number of hydrogen-bond acceptors (Lipinski definition) is 3. The van der Waals surface area contributed by atoms with E-state index in [2.05, 4.69) is 6.08 Å². The molecule has 0 aliphatic heterocycles. The van der Waals surface area contributed by atoms with Gasteiger partial charge in [0, 0.05) is 19.3 Å². The van der Waals surface area contributed by atoms with E-state index in [1.165, 1.54) is 13.8 Å². The molecule has 0 aromatic rings. The van der Waals surface area contributed by atoms with Crippen molar-refractivity contribution in [3.8, 4) is 0 Å². The van der Waals surface area contributed by atoms with E-state index in [1.807, 2.05) is 6.08 Å². The molecule has 0 N–H and O–H groups in total. The summed E-state index contributed by atoms with van der Waals surface area (Å²) in [6.45, 7) is 2.90. The fourth-order valence-electron chi connectivity index (χ4n) is 2.83. The van der Waals surface area contributed by atoms with Gasteiger partial charge >= 0.3 is 5.97 Å². The first-order chi connectivity index (χ1) is 7.04. The number of hydrogen-bond donors (Lipinski definition) is 0. The lowest BCUT2D eigenvalue weighted by Crippen LogP contribution is -2.53. The smallest absolute Gasteiger partial charge is 0.303 e. The number of allylic oxidation sites excluding steroid dienone is 1. The maximum Gasteiger partial charge on any atom is 0.303 e. The van der Waals surface area contributed by atoms with Gasteiger partial charge in [0.05, 0.1) is 0 Å². The SMILES string of the molecule is CC(=O)OC1(C(C)=O)CC2C=CC1CC2. The molecule has 3 rings (SSSR count). The molecule has 0 spiro atoms. The summed E-state index contributed by atoms with van der Waals surface area (Å²) in [5.74, 6) is 0.116. The topological polar surface area (TPSA) is 43.4 Å². The summed E-state index contributed by atoms with van der Waals surface area (Å²) in [6, 6.07) is 0. The third-order valence-electron chi connectivity index (χ3n) is 3.55. The first-order valence-corrected chi connectivity index (χ1v) is 5.43. The Balaban J connectivity index is 2.32. The second kappa shape index (κ2) is 3.47. The van der Waals surface area contributed by atoms with Gasteiger partial charge in [0.15, 0.2) is 11.4 Å². The lowest BCUT2D eigenvalue weighted by atomic mass is 9.64. The first-order valence-electron chi connectivity index (χ1n) is 5.43. The van der Waals surface area contributed by atoms with E-state index < -0.39 is 5.60 Å². The van der Waals surface area contributed by atoms with Gasteiger partial charge in [-0.15, -0.1) is 0 Å². The van der Waals surface area contributed by atoms with Gasteiger partial charge < -0.3 is 4.74 Å². The average Bonchev–Trinajstić information content (AvgIpc) is 2.18. The summed E-state index contributed by atoms with van der Waals surface area (Å²) in [4.78, 5) is 22.8. The van der Waals surface area contributed by atoms with Gasteiger partial charge in [-0.3, -0.25) is 9.59 Å². The van der Waals surface area contributed by atoms with Crippen molar-refractivity contribution in [2.45, 2.75) is 38.7 Å². The van der Waals surface area contributed by atoms with Crippen LogP contribution in [0.3, 0.4) is 0 Å². The highest BCUT2D eigenvalue weighted by Gasteiger charge is 2.51. The minimum Gasteiger partial charge on any atom is -0.451 e. The van der Waals surface area contributed by atoms with E-state index >= 15 is 0 Å². The fraction of sp³-hybridized carbons (Fsp3) is 0.667. The Morgan fingerprint density at radius 3 is 2.33 bits per heavy atom. The minimum absolute atomic E-state index is 0.0169. The Morgan fingerprint density at radius 2 is 2.00 bits per heavy atom. The number of esters is 1. The zero-order valence-corrected chi connectivity index (χ0v) is 9.16. The molecule has 3 nitrogen and oxygen atoms in total. The van der Waals surface area contributed by atoms with Crippen LogP contribution in [0.15, 0.2) is 12.2 Å². The maximum absolute atomic E-state index is 11.7. The zero-order chi connectivity index (χ0) is 11.1. The van der Waals surface area contributed by atoms with E-state index in [0.717, 1.165) is 12.8 Å². The highest BCUT2D eigenvalue weighted by atomic mass is 16.6. The van der Waals surface area contributed by atoms with Gasteiger partial charge in [-0.1, -0.05) is 12.2 Å². The standard InChI is InChI=1S/C12H16O3/c1-8(13)12(15-9(2)14)7-10-3-5-11(12)6-4-10/h3,5,10-11H,4,6-7H2,1-2H3. The Labute approximate surface area is 89.5 Å². The van der Waals surface area contributed by atoms with Crippen LogP contribution in [-0.4, -0.2) is 17.4 Å². The molecule has 1 saturated carbocycles. The summed E-state index contributed by atoms with van der Waals surface area (Å²) >= 11 is 0. The van der Waals surface area contributed by atoms with Crippen molar-refractivity contribution in [2.75, 3.05) is 0 Å². The van der Waals surface area contributed by atoms with E-state index in [1.54, 1.807) is 0 Å². The van der Waals surface area contributed by atoms with Gasteiger partial charge in [-0.25, -0.2) is 0 Å². The van der Waals surface area contributed by atoms with Crippen molar-refractivity contribution in [2.24, 2.45) is 11.8 Å². The molecule has 0 aromatic carbocycles. The highest BCUT2D eigenvalue weighted by Crippen LogP contribution is 2.45. The third kappa shape index (κ3) is 1.60. The predicted molar refractivity (Wildman–Crippen MR) is 55.1 cm³/mol. The molecule has 0 aromatic heterocycles. The molecule has 3 aliphatic rings. The Morgan fingerprint density at radius 1 is 1.27 bits per heavy atom. The van der Waals surface area contributed by atoms with Crippen molar-refractivity contribution in [3.63, 3.8) is 0 Å². The van der Waals surface area contributed by atoms with Gasteiger partial charge in [0.25, 0.3) is 0 Å². The quantitative estimate of drug-likeness (QED) is 0.514.